The van der Waals surface area contributed by atoms with Gasteiger partial charge in [0, 0.05) is 57.4 Å². The third kappa shape index (κ3) is 26.6. The summed E-state index contributed by atoms with van der Waals surface area (Å²) in [6.07, 6.45) is 8.07. The van der Waals surface area contributed by atoms with Gasteiger partial charge in [-0.1, -0.05) is 102 Å². The van der Waals surface area contributed by atoms with Crippen molar-refractivity contribution in [1.82, 2.24) is 31.5 Å². The number of unbranched alkanes of at least 4 members (excludes halogenated alkanes) is 2. The Kier molecular flexibility index (Phi) is 34.6. The van der Waals surface area contributed by atoms with Gasteiger partial charge in [-0.3, -0.25) is 28.8 Å². The highest BCUT2D eigenvalue weighted by Crippen LogP contribution is 2.20. The number of nitrogens with zero attached hydrogens (tertiary/aromatic N) is 1. The number of nitrogens with two attached hydrogens (primary N) is 4. The molecular formula is C54H94N10O6. The van der Waals surface area contributed by atoms with Crippen LogP contribution < -0.4 is 49.5 Å². The number of piperazine rings is 1. The lowest BCUT2D eigenvalue weighted by atomic mass is 9.88. The fraction of sp³-hybridized carbons (Fsp3) is 0.667. The number of hydrogen-bond acceptors (Lipinski definition) is 12. The molecule has 3 rings (SSSR count). The van der Waals surface area contributed by atoms with E-state index in [1.807, 2.05) is 74.5 Å². The average Bonchev–Trinajstić information content (AvgIpc) is 3.35. The Hall–Kier alpha value is -4.58. The number of hydrogen-bond donors (Lipinski definition) is 9. The summed E-state index contributed by atoms with van der Waals surface area (Å²) in [5, 5.41) is 15.4. The average molecular weight is 979 g/mol. The number of rotatable bonds is 34. The maximum absolute atomic E-state index is 14.1. The highest BCUT2D eigenvalue weighted by atomic mass is 16.2. The van der Waals surface area contributed by atoms with E-state index in [1.54, 1.807) is 4.90 Å². The molecule has 13 N–H and O–H groups in total. The summed E-state index contributed by atoms with van der Waals surface area (Å²) < 4.78 is 0. The number of benzene rings is 2. The minimum atomic E-state index is -0.865. The Morgan fingerprint density at radius 2 is 1.20 bits per heavy atom. The van der Waals surface area contributed by atoms with Gasteiger partial charge in [-0.15, -0.1) is 0 Å². The first-order valence-electron chi connectivity index (χ1n) is 25.9. The molecule has 0 spiro atoms. The molecule has 2 aromatic carbocycles. The van der Waals surface area contributed by atoms with Gasteiger partial charge in [0.05, 0.1) is 18.1 Å². The second-order valence-electron chi connectivity index (χ2n) is 18.9. The topological polar surface area (TPSA) is 270 Å². The molecule has 0 radical (unpaired) electrons. The number of amides is 4. The van der Waals surface area contributed by atoms with Gasteiger partial charge in [0.2, 0.25) is 23.6 Å². The lowest BCUT2D eigenvalue weighted by molar-refractivity contribution is -0.137. The summed E-state index contributed by atoms with van der Waals surface area (Å²) >= 11 is 0. The molecule has 1 saturated heterocycles. The van der Waals surface area contributed by atoms with Crippen LogP contribution in [-0.4, -0.2) is 123 Å². The Morgan fingerprint density at radius 3 is 1.79 bits per heavy atom. The molecule has 4 amide bonds. The number of carbonyl (C=O) groups excluding carboxylic acids is 6. The molecule has 1 aliphatic heterocycles. The van der Waals surface area contributed by atoms with Crippen LogP contribution >= 0.6 is 0 Å². The number of ketones is 2. The summed E-state index contributed by atoms with van der Waals surface area (Å²) in [7, 11) is 0. The fourth-order valence-corrected chi connectivity index (χ4v) is 8.18. The van der Waals surface area contributed by atoms with Crippen molar-refractivity contribution >= 4 is 35.2 Å². The van der Waals surface area contributed by atoms with Crippen molar-refractivity contribution in [2.24, 2.45) is 40.7 Å². The van der Waals surface area contributed by atoms with Gasteiger partial charge in [0.15, 0.2) is 11.6 Å². The Morgan fingerprint density at radius 1 is 0.614 bits per heavy atom. The van der Waals surface area contributed by atoms with Crippen LogP contribution in [0.5, 0.6) is 0 Å². The Labute approximate surface area is 421 Å². The highest BCUT2D eigenvalue weighted by molar-refractivity contribution is 5.95. The van der Waals surface area contributed by atoms with Gasteiger partial charge in [0.1, 0.15) is 6.04 Å². The summed E-state index contributed by atoms with van der Waals surface area (Å²) in [5.41, 5.74) is 25.7. The molecule has 0 unspecified atom stereocenters. The Balaban J connectivity index is 0.00000249. The van der Waals surface area contributed by atoms with Gasteiger partial charge < -0.3 is 54.4 Å². The predicted molar refractivity (Wildman–Crippen MR) is 283 cm³/mol. The van der Waals surface area contributed by atoms with Crippen molar-refractivity contribution in [3.8, 4) is 0 Å². The molecule has 16 nitrogen and oxygen atoms in total. The zero-order chi connectivity index (χ0) is 50.8. The standard InChI is InChI=1S/C46H73N9O6.C7H17N.CH4/c1-32(2)27-40(54-44(59)36(28-33-13-5-3-6-14-33)31-41(56)38(50)29-34-15-7-4-8-16-34)42(57)30-35(17-11-20-47)43(58)52-22-10-9-19-39(46(61)55-25-23-51-24-26-55)53-45(60)37(49)18-12-21-48;1-3-5-7-8-6-4-2;/h3-8,13-16,32,35-40,51H,9-12,17-31,47-50H2,1-2H3,(H,52,58)(H,53,60)(H,54,59);8H,3-7H2,1-2H3;1H4/t35-,36-,37+,38+,39-,40+;;/m0../s1. The van der Waals surface area contributed by atoms with Crippen LogP contribution in [-0.2, 0) is 41.6 Å². The Bertz CT molecular complexity index is 1740. The van der Waals surface area contributed by atoms with Gasteiger partial charge >= 0.3 is 0 Å². The maximum Gasteiger partial charge on any atom is 0.245 e. The molecule has 2 aromatic rings. The van der Waals surface area contributed by atoms with Crippen LogP contribution in [0.25, 0.3) is 0 Å². The molecule has 6 atom stereocenters. The summed E-state index contributed by atoms with van der Waals surface area (Å²) in [6, 6.07) is 15.7. The molecule has 1 aliphatic rings. The van der Waals surface area contributed by atoms with E-state index >= 15 is 0 Å². The quantitative estimate of drug-likeness (QED) is 0.0452. The summed E-state index contributed by atoms with van der Waals surface area (Å²) in [5.74, 6) is -3.13. The van der Waals surface area contributed by atoms with Gasteiger partial charge in [0.25, 0.3) is 0 Å². The molecule has 0 saturated carbocycles. The molecule has 0 aromatic heterocycles. The number of Topliss-reactive ketones (excluding diaryl/α,β-unsaturated/α-hetero) is 2. The van der Waals surface area contributed by atoms with Crippen molar-refractivity contribution in [2.45, 2.75) is 156 Å². The first-order valence-corrected chi connectivity index (χ1v) is 25.9. The fourth-order valence-electron chi connectivity index (χ4n) is 8.18. The van der Waals surface area contributed by atoms with Crippen LogP contribution in [0.1, 0.15) is 130 Å². The van der Waals surface area contributed by atoms with E-state index in [2.05, 4.69) is 40.4 Å². The molecular weight excluding hydrogens is 885 g/mol. The van der Waals surface area contributed by atoms with Crippen LogP contribution in [0.15, 0.2) is 60.7 Å². The second-order valence-corrected chi connectivity index (χ2v) is 18.9. The zero-order valence-corrected chi connectivity index (χ0v) is 42.5. The lowest BCUT2D eigenvalue weighted by Crippen LogP contribution is -2.56. The van der Waals surface area contributed by atoms with E-state index in [0.29, 0.717) is 110 Å². The normalized spacial score (nSPS) is 14.9. The van der Waals surface area contributed by atoms with Crippen molar-refractivity contribution in [3.05, 3.63) is 71.8 Å². The molecule has 0 bridgehead atoms. The second kappa shape index (κ2) is 38.1. The maximum atomic E-state index is 14.1. The third-order valence-electron chi connectivity index (χ3n) is 12.3. The number of carbonyl (C=O) groups is 6. The van der Waals surface area contributed by atoms with E-state index in [0.717, 1.165) is 11.1 Å². The SMILES string of the molecule is C.CC(C)C[C@@H](NC(=O)[C@H](CC(=O)[C@H](N)Cc1ccccc1)Cc1ccccc1)C(=O)C[C@H](CCCN)C(=O)NCCCC[C@H](NC(=O)[C@H](N)CCCN)C(=O)N1CCNCC1.CCCCNCCC. The molecule has 1 heterocycles. The minimum Gasteiger partial charge on any atom is -0.356 e. The van der Waals surface area contributed by atoms with Gasteiger partial charge in [-0.2, -0.15) is 0 Å². The van der Waals surface area contributed by atoms with Crippen molar-refractivity contribution in [1.29, 1.82) is 0 Å². The van der Waals surface area contributed by atoms with Crippen LogP contribution in [0.3, 0.4) is 0 Å². The van der Waals surface area contributed by atoms with E-state index in [1.165, 1.54) is 32.4 Å². The molecule has 0 aliphatic carbocycles. The monoisotopic (exact) mass is 979 g/mol. The molecule has 70 heavy (non-hydrogen) atoms. The van der Waals surface area contributed by atoms with Gasteiger partial charge in [-0.25, -0.2) is 0 Å². The smallest absolute Gasteiger partial charge is 0.245 e. The van der Waals surface area contributed by atoms with E-state index in [-0.39, 0.29) is 49.6 Å². The van der Waals surface area contributed by atoms with Crippen molar-refractivity contribution in [2.75, 3.05) is 58.9 Å². The van der Waals surface area contributed by atoms with E-state index < -0.39 is 47.8 Å². The highest BCUT2D eigenvalue weighted by Gasteiger charge is 2.32. The largest absolute Gasteiger partial charge is 0.356 e. The van der Waals surface area contributed by atoms with Gasteiger partial charge in [-0.05, 0) is 120 Å². The third-order valence-corrected chi connectivity index (χ3v) is 12.3. The van der Waals surface area contributed by atoms with Crippen molar-refractivity contribution < 1.29 is 28.8 Å². The first kappa shape index (κ1) is 63.4. The van der Waals surface area contributed by atoms with E-state index in [4.69, 9.17) is 22.9 Å². The van der Waals surface area contributed by atoms with E-state index in [9.17, 15) is 28.8 Å². The first-order chi connectivity index (χ1) is 33.2. The summed E-state index contributed by atoms with van der Waals surface area (Å²) in [4.78, 5) is 83.2. The van der Waals surface area contributed by atoms with Crippen LogP contribution in [0.2, 0.25) is 0 Å². The number of nitrogens with one attached hydrogen (secondary N) is 5. The predicted octanol–water partition coefficient (Wildman–Crippen LogP) is 3.91. The van der Waals surface area contributed by atoms with Crippen molar-refractivity contribution in [3.63, 3.8) is 0 Å². The lowest BCUT2D eigenvalue weighted by Gasteiger charge is -2.31. The van der Waals surface area contributed by atoms with Crippen LogP contribution in [0, 0.1) is 17.8 Å². The molecule has 1 fully saturated rings. The molecule has 396 valence electrons. The van der Waals surface area contributed by atoms with Crippen LogP contribution in [0.4, 0.5) is 0 Å². The summed E-state index contributed by atoms with van der Waals surface area (Å²) in [6.45, 7) is 14.2. The minimum absolute atomic E-state index is 0. The zero-order valence-electron chi connectivity index (χ0n) is 42.5. The molecule has 16 heteroatoms.